The summed E-state index contributed by atoms with van der Waals surface area (Å²) in [4.78, 5) is 34.5. The minimum Gasteiger partial charge on any atom is -1.00 e. The van der Waals surface area contributed by atoms with Crippen LogP contribution < -0.4 is 73.6 Å². The van der Waals surface area contributed by atoms with Gasteiger partial charge in [-0.25, -0.2) is 0 Å². The summed E-state index contributed by atoms with van der Waals surface area (Å²) in [5, 5.41) is 1.93. The van der Waals surface area contributed by atoms with Gasteiger partial charge in [0.2, 0.25) is 0 Å². The van der Waals surface area contributed by atoms with E-state index in [9.17, 15) is 27.6 Å². The molecule has 0 bridgehead atoms. The summed E-state index contributed by atoms with van der Waals surface area (Å²) in [6.45, 7) is 8.55. The zero-order chi connectivity index (χ0) is 41.6. The largest absolute Gasteiger partial charge is 1.00 e. The summed E-state index contributed by atoms with van der Waals surface area (Å²) < 4.78 is 34.9. The quantitative estimate of drug-likeness (QED) is 0.0952. The minimum absolute atomic E-state index is 0. The van der Waals surface area contributed by atoms with E-state index in [-0.39, 0.29) is 90.9 Å². The van der Waals surface area contributed by atoms with E-state index in [1.54, 1.807) is 57.2 Å². The van der Waals surface area contributed by atoms with Gasteiger partial charge in [-0.2, -0.15) is 13.2 Å². The predicted octanol–water partition coefficient (Wildman–Crippen LogP) is 9.06. The molecule has 0 aliphatic rings. The second-order valence-electron chi connectivity index (χ2n) is 13.6. The Morgan fingerprint density at radius 2 is 0.655 bits per heavy atom. The molecule has 0 atom stereocenters. The number of carbonyl (C=O) groups is 3. The topological polar surface area (TPSA) is 51.2 Å². The van der Waals surface area contributed by atoms with Gasteiger partial charge >= 0.3 is 74.7 Å². The van der Waals surface area contributed by atoms with E-state index >= 15 is 0 Å². The maximum absolute atomic E-state index is 11.6. The molecule has 0 saturated heterocycles. The normalized spacial score (nSPS) is 10.3. The van der Waals surface area contributed by atoms with Gasteiger partial charge in [-0.05, 0) is 109 Å². The number of hydrogen-bond acceptors (Lipinski definition) is 3. The molecule has 0 aliphatic heterocycles. The predicted molar refractivity (Wildman–Crippen MR) is 230 cm³/mol. The Hall–Kier alpha value is -2.81. The molecule has 0 unspecified atom stereocenters. The molecule has 58 heavy (non-hydrogen) atoms. The van der Waals surface area contributed by atoms with Crippen molar-refractivity contribution in [3.05, 3.63) is 177 Å². The van der Waals surface area contributed by atoms with Crippen molar-refractivity contribution in [3.63, 3.8) is 0 Å². The first-order chi connectivity index (χ1) is 26.3. The van der Waals surface area contributed by atoms with Crippen LogP contribution in [0.5, 0.6) is 0 Å². The third kappa shape index (κ3) is 16.7. The molecule has 0 amide bonds. The fourth-order valence-electron chi connectivity index (χ4n) is 5.04. The van der Waals surface area contributed by atoms with Gasteiger partial charge in [-0.1, -0.05) is 145 Å². The number of rotatable bonds is 6. The molecule has 0 fully saturated rings. The maximum atomic E-state index is 11.6. The molecule has 12 heteroatoms. The Kier molecular flexibility index (Phi) is 23.0. The van der Waals surface area contributed by atoms with E-state index in [2.05, 4.69) is 0 Å². The van der Waals surface area contributed by atoms with E-state index in [0.29, 0.717) is 31.8 Å². The summed E-state index contributed by atoms with van der Waals surface area (Å²) in [6.07, 6.45) is 0. The fraction of sp³-hybridized carbons (Fsp3) is 0.152. The second kappa shape index (κ2) is 25.1. The van der Waals surface area contributed by atoms with E-state index in [1.807, 2.05) is 109 Å². The van der Waals surface area contributed by atoms with Crippen LogP contribution in [0.4, 0.5) is 13.2 Å². The maximum Gasteiger partial charge on any atom is 1.00 e. The summed E-state index contributed by atoms with van der Waals surface area (Å²) >= 11 is 17.9. The summed E-state index contributed by atoms with van der Waals surface area (Å²) in [6, 6.07) is 45.3. The van der Waals surface area contributed by atoms with Crippen molar-refractivity contribution >= 4 is 60.2 Å². The number of ketones is 3. The average Bonchev–Trinajstić information content (AvgIpc) is 3.15. The minimum atomic E-state index is -3.92. The number of benzene rings is 6. The zero-order valence-corrected chi connectivity index (χ0v) is 42.8. The second-order valence-corrected chi connectivity index (χ2v) is 20.0. The van der Waals surface area contributed by atoms with Crippen LogP contribution in [-0.4, -0.2) is 31.2 Å². The van der Waals surface area contributed by atoms with Crippen LogP contribution in [0.2, 0.25) is 34.7 Å². The Morgan fingerprint density at radius 1 is 0.448 bits per heavy atom. The van der Waals surface area contributed by atoms with Gasteiger partial charge in [0.1, 0.15) is 0 Å². The Morgan fingerprint density at radius 3 is 0.828 bits per heavy atom. The smallest absolute Gasteiger partial charge is 1.00 e. The number of alkyl halides is 3. The van der Waals surface area contributed by atoms with Crippen molar-refractivity contribution in [1.82, 2.24) is 0 Å². The first-order valence-corrected chi connectivity index (χ1v) is 22.1. The van der Waals surface area contributed by atoms with Gasteiger partial charge in [-0.15, -0.1) is 0 Å². The van der Waals surface area contributed by atoms with Crippen LogP contribution in [0.3, 0.4) is 0 Å². The SMILES string of the molecule is CC(=O)c1ccc(Cl)cc1-c1ccccc1.CC(=O)c1ccc(Cl)cc1-c1ccccc1.CC(=O)c1ccc(Cl)cc1-c1ccccc1.C[Si](C)(C)C(F)(F)F.[Cs+].[F-]. The molecular formula is C46H42Cl3CsF4O3Si. The fourth-order valence-corrected chi connectivity index (χ4v) is 5.56. The summed E-state index contributed by atoms with van der Waals surface area (Å²) in [7, 11) is -2.86. The van der Waals surface area contributed by atoms with Crippen molar-refractivity contribution < 1.29 is 101 Å². The standard InChI is InChI=1S/3C14H11ClO.C4H9F3Si.Cs.FH/c3*1-10(16)13-8-7-12(15)9-14(13)11-5-3-2-4-6-11;1-8(2,3)4(5,6)7;;/h3*2-9H,1H3;1-3H3;;1H/q;;;;+1;/p-1. The van der Waals surface area contributed by atoms with Crippen molar-refractivity contribution in [2.45, 2.75) is 46.2 Å². The van der Waals surface area contributed by atoms with E-state index in [4.69, 9.17) is 34.8 Å². The molecule has 0 N–H and O–H groups in total. The monoisotopic (exact) mass is 984 g/mol. The molecule has 298 valence electrons. The molecule has 6 rings (SSSR count). The van der Waals surface area contributed by atoms with E-state index in [0.717, 1.165) is 33.4 Å². The first-order valence-electron chi connectivity index (χ1n) is 17.4. The molecule has 3 nitrogen and oxygen atoms in total. The van der Waals surface area contributed by atoms with Crippen LogP contribution in [0.15, 0.2) is 146 Å². The number of carbonyl (C=O) groups excluding carboxylic acids is 3. The summed E-state index contributed by atoms with van der Waals surface area (Å²) in [5.74, 6) is -3.77. The number of halogens is 7. The van der Waals surface area contributed by atoms with Gasteiger partial charge < -0.3 is 4.70 Å². The summed E-state index contributed by atoms with van der Waals surface area (Å²) in [5.41, 5.74) is 7.81. The van der Waals surface area contributed by atoms with Gasteiger partial charge in [0.25, 0.3) is 0 Å². The van der Waals surface area contributed by atoms with Gasteiger partial charge in [-0.3, -0.25) is 14.4 Å². The number of hydrogen-bond donors (Lipinski definition) is 0. The van der Waals surface area contributed by atoms with Gasteiger partial charge in [0.15, 0.2) is 25.4 Å². The van der Waals surface area contributed by atoms with Crippen LogP contribution in [0.1, 0.15) is 51.8 Å². The molecule has 0 aliphatic carbocycles. The van der Waals surface area contributed by atoms with Gasteiger partial charge in [0.05, 0.1) is 0 Å². The van der Waals surface area contributed by atoms with Crippen LogP contribution in [0, 0.1) is 0 Å². The van der Waals surface area contributed by atoms with Crippen LogP contribution >= 0.6 is 34.8 Å². The molecule has 0 aromatic heterocycles. The third-order valence-electron chi connectivity index (χ3n) is 8.19. The van der Waals surface area contributed by atoms with Crippen molar-refractivity contribution in [1.29, 1.82) is 0 Å². The van der Waals surface area contributed by atoms with Gasteiger partial charge in [0, 0.05) is 31.8 Å². The van der Waals surface area contributed by atoms with Crippen molar-refractivity contribution in [2.24, 2.45) is 0 Å². The molecule has 0 heterocycles. The molecular weight excluding hydrogens is 944 g/mol. The molecule has 6 aromatic rings. The molecule has 0 spiro atoms. The average molecular weight is 986 g/mol. The third-order valence-corrected chi connectivity index (χ3v) is 10.6. The number of Topliss-reactive ketones (excluding diaryl/α,β-unsaturated/α-hetero) is 3. The zero-order valence-electron chi connectivity index (χ0n) is 33.2. The first kappa shape index (κ1) is 53.2. The van der Waals surface area contributed by atoms with Crippen molar-refractivity contribution in [2.75, 3.05) is 0 Å². The van der Waals surface area contributed by atoms with E-state index in [1.165, 1.54) is 19.6 Å². The molecule has 6 aromatic carbocycles. The Bertz CT molecular complexity index is 2000. The molecule has 0 radical (unpaired) electrons. The van der Waals surface area contributed by atoms with Crippen LogP contribution in [-0.2, 0) is 0 Å². The molecule has 0 saturated carbocycles. The Balaban J connectivity index is 0.000000393. The van der Waals surface area contributed by atoms with Crippen molar-refractivity contribution in [3.8, 4) is 33.4 Å². The van der Waals surface area contributed by atoms with Crippen LogP contribution in [0.25, 0.3) is 33.4 Å². The van der Waals surface area contributed by atoms with E-state index < -0.39 is 13.9 Å². The Labute approximate surface area is 413 Å².